The predicted molar refractivity (Wildman–Crippen MR) is 93.7 cm³/mol. The van der Waals surface area contributed by atoms with Gasteiger partial charge in [-0.1, -0.05) is 34.6 Å². The number of nitriles is 1. The van der Waals surface area contributed by atoms with Gasteiger partial charge in [0.25, 0.3) is 0 Å². The summed E-state index contributed by atoms with van der Waals surface area (Å²) in [6.07, 6.45) is 3.09. The average molecular weight is 322 g/mol. The highest BCUT2D eigenvalue weighted by molar-refractivity contribution is 5.82. The lowest BCUT2D eigenvalue weighted by molar-refractivity contribution is -0.125. The van der Waals surface area contributed by atoms with E-state index in [-0.39, 0.29) is 11.3 Å². The molecule has 0 radical (unpaired) electrons. The van der Waals surface area contributed by atoms with Crippen LogP contribution in [0.25, 0.3) is 0 Å². The van der Waals surface area contributed by atoms with E-state index in [2.05, 4.69) is 50.9 Å². The zero-order valence-electron chi connectivity index (χ0n) is 15.5. The highest BCUT2D eigenvalue weighted by Gasteiger charge is 2.38. The van der Waals surface area contributed by atoms with Gasteiger partial charge in [0.2, 0.25) is 5.91 Å². The molecule has 5 heteroatoms. The molecule has 0 aliphatic carbocycles. The van der Waals surface area contributed by atoms with Crippen molar-refractivity contribution in [3.8, 4) is 6.07 Å². The number of carbonyl (C=O) groups is 1. The summed E-state index contributed by atoms with van der Waals surface area (Å²) in [6, 6.07) is 1.77. The lowest BCUT2D eigenvalue weighted by Gasteiger charge is -2.39. The fourth-order valence-electron chi connectivity index (χ4n) is 2.96. The van der Waals surface area contributed by atoms with Crippen molar-refractivity contribution in [3.63, 3.8) is 0 Å². The van der Waals surface area contributed by atoms with Crippen LogP contribution < -0.4 is 11.1 Å². The van der Waals surface area contributed by atoms with E-state index in [4.69, 9.17) is 5.73 Å². The van der Waals surface area contributed by atoms with Gasteiger partial charge in [-0.05, 0) is 43.6 Å². The van der Waals surface area contributed by atoms with Crippen molar-refractivity contribution in [2.45, 2.75) is 71.9 Å². The van der Waals surface area contributed by atoms with Gasteiger partial charge in [-0.2, -0.15) is 5.26 Å². The van der Waals surface area contributed by atoms with Crippen molar-refractivity contribution in [1.29, 1.82) is 5.26 Å². The van der Waals surface area contributed by atoms with E-state index >= 15 is 0 Å². The Morgan fingerprint density at radius 2 is 1.96 bits per heavy atom. The van der Waals surface area contributed by atoms with Crippen LogP contribution in [0.5, 0.6) is 0 Å². The number of carbonyl (C=O) groups excluding carboxylic acids is 1. The number of amides is 1. The first-order valence-electron chi connectivity index (χ1n) is 8.87. The summed E-state index contributed by atoms with van der Waals surface area (Å²) in [7, 11) is 0. The number of hydrogen-bond donors (Lipinski definition) is 2. The molecule has 1 atom stereocenters. The Kier molecular flexibility index (Phi) is 7.03. The fraction of sp³-hybridized carbons (Fsp3) is 0.889. The Bertz CT molecular complexity index is 431. The molecule has 5 nitrogen and oxygen atoms in total. The first-order valence-corrected chi connectivity index (χ1v) is 8.87. The van der Waals surface area contributed by atoms with Gasteiger partial charge in [0.15, 0.2) is 0 Å². The van der Waals surface area contributed by atoms with E-state index in [1.807, 2.05) is 0 Å². The summed E-state index contributed by atoms with van der Waals surface area (Å²) in [5.74, 6) is 0.257. The molecule has 1 saturated heterocycles. The largest absolute Gasteiger partial charge is 0.336 e. The summed E-state index contributed by atoms with van der Waals surface area (Å²) < 4.78 is 0. The Morgan fingerprint density at radius 1 is 1.39 bits per heavy atom. The maximum absolute atomic E-state index is 12.5. The minimum absolute atomic E-state index is 0.00104. The third-order valence-corrected chi connectivity index (χ3v) is 5.47. The summed E-state index contributed by atoms with van der Waals surface area (Å²) >= 11 is 0. The lowest BCUT2D eigenvalue weighted by atomic mass is 9.76. The van der Waals surface area contributed by atoms with Gasteiger partial charge in [0.05, 0.1) is 12.1 Å². The number of nitrogens with zero attached hydrogens (tertiary/aromatic N) is 2. The molecule has 0 bridgehead atoms. The van der Waals surface area contributed by atoms with Crippen LogP contribution in [0.1, 0.15) is 60.3 Å². The fourth-order valence-corrected chi connectivity index (χ4v) is 2.96. The van der Waals surface area contributed by atoms with Crippen LogP contribution in [0.3, 0.4) is 0 Å². The first kappa shape index (κ1) is 19.9. The molecule has 1 aliphatic rings. The molecule has 1 unspecified atom stereocenters. The molecular weight excluding hydrogens is 288 g/mol. The monoisotopic (exact) mass is 322 g/mol. The summed E-state index contributed by atoms with van der Waals surface area (Å²) in [5.41, 5.74) is 5.37. The number of nitrogens with one attached hydrogen (secondary N) is 1. The Balaban J connectivity index is 2.62. The summed E-state index contributed by atoms with van der Waals surface area (Å²) in [6.45, 7) is 13.5. The van der Waals surface area contributed by atoms with Crippen molar-refractivity contribution in [2.75, 3.05) is 19.6 Å². The van der Waals surface area contributed by atoms with Crippen molar-refractivity contribution in [2.24, 2.45) is 17.1 Å². The number of nitrogens with two attached hydrogens (primary N) is 1. The highest BCUT2D eigenvalue weighted by Crippen LogP contribution is 2.31. The lowest BCUT2D eigenvalue weighted by Crippen LogP contribution is -2.58. The minimum atomic E-state index is -0.749. The maximum Gasteiger partial charge on any atom is 0.238 e. The van der Waals surface area contributed by atoms with Gasteiger partial charge >= 0.3 is 0 Å². The molecule has 23 heavy (non-hydrogen) atoms. The molecule has 0 aromatic rings. The predicted octanol–water partition coefficient (Wildman–Crippen LogP) is 2.27. The molecule has 132 valence electrons. The zero-order chi connectivity index (χ0) is 17.7. The van der Waals surface area contributed by atoms with Crippen LogP contribution in [-0.2, 0) is 4.79 Å². The van der Waals surface area contributed by atoms with Crippen LogP contribution in [0, 0.1) is 22.7 Å². The van der Waals surface area contributed by atoms with Crippen LogP contribution in [-0.4, -0.2) is 42.0 Å². The van der Waals surface area contributed by atoms with E-state index in [1.54, 1.807) is 0 Å². The van der Waals surface area contributed by atoms with Crippen LogP contribution in [0.15, 0.2) is 0 Å². The van der Waals surface area contributed by atoms with E-state index in [9.17, 15) is 10.1 Å². The molecule has 0 aromatic carbocycles. The van der Waals surface area contributed by atoms with Crippen molar-refractivity contribution in [3.05, 3.63) is 0 Å². The van der Waals surface area contributed by atoms with Gasteiger partial charge in [0.1, 0.15) is 5.54 Å². The van der Waals surface area contributed by atoms with Crippen LogP contribution in [0.4, 0.5) is 0 Å². The number of hydrogen-bond acceptors (Lipinski definition) is 4. The summed E-state index contributed by atoms with van der Waals surface area (Å²) in [4.78, 5) is 14.8. The van der Waals surface area contributed by atoms with Gasteiger partial charge in [0, 0.05) is 13.1 Å². The van der Waals surface area contributed by atoms with E-state index in [0.29, 0.717) is 25.2 Å². The molecule has 0 saturated carbocycles. The van der Waals surface area contributed by atoms with Crippen LogP contribution >= 0.6 is 0 Å². The number of likely N-dealkylation sites (tertiary alicyclic amines) is 1. The number of piperidine rings is 1. The third kappa shape index (κ3) is 5.47. The zero-order valence-corrected chi connectivity index (χ0v) is 15.5. The van der Waals surface area contributed by atoms with E-state index in [0.717, 1.165) is 26.1 Å². The second kappa shape index (κ2) is 8.12. The average Bonchev–Trinajstić information content (AvgIpc) is 2.49. The van der Waals surface area contributed by atoms with E-state index in [1.165, 1.54) is 0 Å². The highest BCUT2D eigenvalue weighted by atomic mass is 16.2. The Hall–Kier alpha value is -1.12. The molecule has 0 spiro atoms. The Morgan fingerprint density at radius 3 is 2.39 bits per heavy atom. The second-order valence-electron chi connectivity index (χ2n) is 7.98. The smallest absolute Gasteiger partial charge is 0.238 e. The quantitative estimate of drug-likeness (QED) is 0.753. The van der Waals surface area contributed by atoms with Crippen LogP contribution in [0.2, 0.25) is 0 Å². The summed E-state index contributed by atoms with van der Waals surface area (Å²) in [5, 5.41) is 12.5. The molecule has 0 aromatic heterocycles. The normalized spacial score (nSPS) is 20.1. The molecule has 1 aliphatic heterocycles. The van der Waals surface area contributed by atoms with Gasteiger partial charge in [-0.3, -0.25) is 4.79 Å². The van der Waals surface area contributed by atoms with Crippen molar-refractivity contribution in [1.82, 2.24) is 10.2 Å². The third-order valence-electron chi connectivity index (χ3n) is 5.47. The molecular formula is C18H34N4O. The Labute approximate surface area is 141 Å². The van der Waals surface area contributed by atoms with Gasteiger partial charge < -0.3 is 16.0 Å². The molecule has 1 heterocycles. The number of rotatable bonds is 7. The molecule has 1 fully saturated rings. The second-order valence-corrected chi connectivity index (χ2v) is 7.98. The molecule has 3 N–H and O–H groups in total. The standard InChI is InChI=1S/C18H34N4O/c1-6-9-22-10-7-18(13-19,8-11-22)21-16(23)15(20)12-17(4,5)14(2)3/h14-15H,6-12,20H2,1-5H3,(H,21,23). The van der Waals surface area contributed by atoms with Crippen molar-refractivity contribution < 1.29 is 4.79 Å². The minimum Gasteiger partial charge on any atom is -0.336 e. The van der Waals surface area contributed by atoms with Crippen molar-refractivity contribution >= 4 is 5.91 Å². The molecule has 1 rings (SSSR count). The first-order chi connectivity index (χ1) is 10.7. The van der Waals surface area contributed by atoms with E-state index < -0.39 is 11.6 Å². The van der Waals surface area contributed by atoms with Gasteiger partial charge in [-0.25, -0.2) is 0 Å². The maximum atomic E-state index is 12.5. The molecule has 1 amide bonds. The SMILES string of the molecule is CCCN1CCC(C#N)(NC(=O)C(N)CC(C)(C)C(C)C)CC1. The topological polar surface area (TPSA) is 82.2 Å². The van der Waals surface area contributed by atoms with Gasteiger partial charge in [-0.15, -0.1) is 0 Å².